The van der Waals surface area contributed by atoms with Gasteiger partial charge in [-0.05, 0) is 63.2 Å². The van der Waals surface area contributed by atoms with E-state index in [1.807, 2.05) is 0 Å². The second-order valence-corrected chi connectivity index (χ2v) is 10.6. The van der Waals surface area contributed by atoms with Crippen LogP contribution in [0, 0.1) is 11.6 Å². The molecule has 0 aliphatic carbocycles. The lowest BCUT2D eigenvalue weighted by Crippen LogP contribution is -2.52. The third-order valence-electron chi connectivity index (χ3n) is 5.62. The van der Waals surface area contributed by atoms with E-state index in [0.29, 0.717) is 0 Å². The molecule has 1 N–H and O–H groups in total. The molecule has 3 rings (SSSR count). The smallest absolute Gasteiger partial charge is 0.264 e. The molecular formula is C27H29F2N3O4S. The van der Waals surface area contributed by atoms with Crippen molar-refractivity contribution < 1.29 is 26.8 Å². The van der Waals surface area contributed by atoms with Gasteiger partial charge in [0.25, 0.3) is 10.0 Å². The minimum Gasteiger partial charge on any atom is -0.352 e. The highest BCUT2D eigenvalue weighted by Gasteiger charge is 2.33. The van der Waals surface area contributed by atoms with Crippen LogP contribution in [-0.4, -0.2) is 43.8 Å². The van der Waals surface area contributed by atoms with Crippen LogP contribution in [0.25, 0.3) is 0 Å². The number of rotatable bonds is 10. The first-order chi connectivity index (χ1) is 17.5. The van der Waals surface area contributed by atoms with Crippen LogP contribution < -0.4 is 9.62 Å². The Bertz CT molecular complexity index is 1330. The maximum atomic E-state index is 14.5. The lowest BCUT2D eigenvalue weighted by Gasteiger charge is -2.32. The zero-order chi connectivity index (χ0) is 27.2. The zero-order valence-corrected chi connectivity index (χ0v) is 21.6. The van der Waals surface area contributed by atoms with Gasteiger partial charge in [0.05, 0.1) is 10.6 Å². The lowest BCUT2D eigenvalue weighted by atomic mass is 10.1. The lowest BCUT2D eigenvalue weighted by molar-refractivity contribution is -0.139. The summed E-state index contributed by atoms with van der Waals surface area (Å²) >= 11 is 0. The predicted molar refractivity (Wildman–Crippen MR) is 137 cm³/mol. The number of sulfonamides is 1. The Kier molecular flexibility index (Phi) is 8.99. The van der Waals surface area contributed by atoms with E-state index in [2.05, 4.69) is 5.32 Å². The highest BCUT2D eigenvalue weighted by Crippen LogP contribution is 2.24. The van der Waals surface area contributed by atoms with Gasteiger partial charge < -0.3 is 10.2 Å². The van der Waals surface area contributed by atoms with Crippen LogP contribution >= 0.6 is 0 Å². The first-order valence-corrected chi connectivity index (χ1v) is 13.1. The third-order valence-corrected chi connectivity index (χ3v) is 7.41. The molecule has 2 amide bonds. The van der Waals surface area contributed by atoms with Gasteiger partial charge in [-0.3, -0.25) is 13.9 Å². The fourth-order valence-corrected chi connectivity index (χ4v) is 5.07. The van der Waals surface area contributed by atoms with Crippen molar-refractivity contribution in [3.05, 3.63) is 96.1 Å². The van der Waals surface area contributed by atoms with Crippen LogP contribution in [0.4, 0.5) is 14.5 Å². The Morgan fingerprint density at radius 2 is 1.46 bits per heavy atom. The van der Waals surface area contributed by atoms with Gasteiger partial charge in [0, 0.05) is 18.2 Å². The van der Waals surface area contributed by atoms with E-state index in [4.69, 9.17) is 0 Å². The van der Waals surface area contributed by atoms with Crippen molar-refractivity contribution in [1.82, 2.24) is 10.2 Å². The van der Waals surface area contributed by atoms with Crippen molar-refractivity contribution in [3.8, 4) is 0 Å². The molecule has 196 valence electrons. The van der Waals surface area contributed by atoms with E-state index in [0.717, 1.165) is 33.5 Å². The van der Waals surface area contributed by atoms with Crippen molar-refractivity contribution in [3.63, 3.8) is 0 Å². The van der Waals surface area contributed by atoms with E-state index in [1.165, 1.54) is 37.3 Å². The summed E-state index contributed by atoms with van der Waals surface area (Å²) in [6.45, 7) is 4.10. The van der Waals surface area contributed by atoms with Crippen molar-refractivity contribution in [2.24, 2.45) is 0 Å². The van der Waals surface area contributed by atoms with E-state index in [-0.39, 0.29) is 28.7 Å². The van der Waals surface area contributed by atoms with Gasteiger partial charge >= 0.3 is 0 Å². The third kappa shape index (κ3) is 6.91. The highest BCUT2D eigenvalue weighted by molar-refractivity contribution is 7.92. The van der Waals surface area contributed by atoms with E-state index in [1.54, 1.807) is 38.1 Å². The maximum Gasteiger partial charge on any atom is 0.264 e. The summed E-state index contributed by atoms with van der Waals surface area (Å²) in [4.78, 5) is 27.4. The summed E-state index contributed by atoms with van der Waals surface area (Å²) in [5, 5.41) is 2.73. The summed E-state index contributed by atoms with van der Waals surface area (Å²) < 4.78 is 56.0. The number of hydrogen-bond acceptors (Lipinski definition) is 4. The van der Waals surface area contributed by atoms with E-state index in [9.17, 15) is 26.8 Å². The Labute approximate surface area is 215 Å². The highest BCUT2D eigenvalue weighted by atomic mass is 32.2. The molecule has 0 aliphatic rings. The van der Waals surface area contributed by atoms with Crippen molar-refractivity contribution in [1.29, 1.82) is 0 Å². The molecule has 0 radical (unpaired) electrons. The average molecular weight is 530 g/mol. The second-order valence-electron chi connectivity index (χ2n) is 8.75. The normalized spacial score (nSPS) is 12.2. The Balaban J connectivity index is 2.01. The van der Waals surface area contributed by atoms with Gasteiger partial charge in [0.1, 0.15) is 24.2 Å². The molecule has 3 aromatic rings. The van der Waals surface area contributed by atoms with Crippen molar-refractivity contribution in [2.75, 3.05) is 10.8 Å². The van der Waals surface area contributed by atoms with Gasteiger partial charge in [0.2, 0.25) is 11.8 Å². The summed E-state index contributed by atoms with van der Waals surface area (Å²) in [6.07, 6.45) is 0. The first kappa shape index (κ1) is 27.8. The monoisotopic (exact) mass is 529 g/mol. The number of carbonyl (C=O) groups is 2. The molecule has 1 atom stereocenters. The van der Waals surface area contributed by atoms with Gasteiger partial charge in [-0.25, -0.2) is 17.2 Å². The van der Waals surface area contributed by atoms with Crippen LogP contribution in [0.1, 0.15) is 26.3 Å². The molecule has 0 aliphatic heterocycles. The van der Waals surface area contributed by atoms with E-state index >= 15 is 0 Å². The molecule has 10 heteroatoms. The molecule has 3 aromatic carbocycles. The fraction of sp³-hybridized carbons (Fsp3) is 0.259. The van der Waals surface area contributed by atoms with Crippen molar-refractivity contribution >= 4 is 27.5 Å². The van der Waals surface area contributed by atoms with Gasteiger partial charge in [-0.1, -0.05) is 36.4 Å². The molecule has 0 bridgehead atoms. The second kappa shape index (κ2) is 12.0. The summed E-state index contributed by atoms with van der Waals surface area (Å²) in [5.41, 5.74) is 0.373. The molecule has 0 fully saturated rings. The van der Waals surface area contributed by atoms with Gasteiger partial charge in [0.15, 0.2) is 0 Å². The number of hydrogen-bond donors (Lipinski definition) is 1. The van der Waals surface area contributed by atoms with E-state index < -0.39 is 46.1 Å². The topological polar surface area (TPSA) is 86.8 Å². The number of carbonyl (C=O) groups excluding carboxylic acids is 2. The van der Waals surface area contributed by atoms with Gasteiger partial charge in [-0.2, -0.15) is 0 Å². The number of nitrogens with one attached hydrogen (secondary N) is 1. The number of anilines is 1. The van der Waals surface area contributed by atoms with Crippen LogP contribution in [0.15, 0.2) is 83.8 Å². The zero-order valence-electron chi connectivity index (χ0n) is 20.8. The molecule has 0 saturated carbocycles. The maximum absolute atomic E-state index is 14.5. The number of nitrogens with zero attached hydrogens (tertiary/aromatic N) is 2. The first-order valence-electron chi connectivity index (χ1n) is 11.7. The van der Waals surface area contributed by atoms with Crippen LogP contribution in [-0.2, 0) is 26.2 Å². The fourth-order valence-electron chi connectivity index (χ4n) is 3.65. The molecule has 0 saturated heterocycles. The molecule has 0 heterocycles. The number of halogens is 2. The number of amides is 2. The minimum atomic E-state index is -4.30. The minimum absolute atomic E-state index is 0.174. The molecular weight excluding hydrogens is 500 g/mol. The summed E-state index contributed by atoms with van der Waals surface area (Å²) in [5.74, 6) is -2.35. The molecule has 0 aromatic heterocycles. The SMILES string of the molecule is CC(C)NC(=O)C(C)N(Cc1ccccc1F)C(=O)CN(c1ccccc1)S(=O)(=O)c1ccc(F)cc1. The number of benzene rings is 3. The Morgan fingerprint density at radius 1 is 0.865 bits per heavy atom. The van der Waals surface area contributed by atoms with Crippen LogP contribution in [0.5, 0.6) is 0 Å². The molecule has 37 heavy (non-hydrogen) atoms. The van der Waals surface area contributed by atoms with Gasteiger partial charge in [-0.15, -0.1) is 0 Å². The largest absolute Gasteiger partial charge is 0.352 e. The van der Waals surface area contributed by atoms with Crippen LogP contribution in [0.3, 0.4) is 0 Å². The number of para-hydroxylation sites is 1. The van der Waals surface area contributed by atoms with Crippen LogP contribution in [0.2, 0.25) is 0 Å². The predicted octanol–water partition coefficient (Wildman–Crippen LogP) is 4.10. The van der Waals surface area contributed by atoms with Crippen molar-refractivity contribution in [2.45, 2.75) is 44.3 Å². The molecule has 1 unspecified atom stereocenters. The summed E-state index contributed by atoms with van der Waals surface area (Å²) in [7, 11) is -4.30. The summed E-state index contributed by atoms with van der Waals surface area (Å²) in [6, 6.07) is 16.8. The standard InChI is InChI=1S/C27H29F2N3O4S/c1-19(2)30-27(34)20(3)31(17-21-9-7-8-12-25(21)29)26(33)18-32(23-10-5-4-6-11-23)37(35,36)24-15-13-22(28)14-16-24/h4-16,19-20H,17-18H2,1-3H3,(H,30,34). The molecule has 7 nitrogen and oxygen atoms in total. The Morgan fingerprint density at radius 3 is 2.05 bits per heavy atom. The molecule has 0 spiro atoms. The quantitative estimate of drug-likeness (QED) is 0.429. The average Bonchev–Trinajstić information content (AvgIpc) is 2.86. The Hall–Kier alpha value is -3.79.